The molecule has 0 amide bonds. The van der Waals surface area contributed by atoms with Gasteiger partial charge in [-0.1, -0.05) is 26.0 Å². The van der Waals surface area contributed by atoms with E-state index in [0.717, 1.165) is 19.4 Å². The van der Waals surface area contributed by atoms with Gasteiger partial charge >= 0.3 is 0 Å². The smallest absolute Gasteiger partial charge is 0.151 e. The Kier molecular flexibility index (Phi) is 7.38. The summed E-state index contributed by atoms with van der Waals surface area (Å²) in [5.41, 5.74) is 5.59. The highest BCUT2D eigenvalue weighted by atomic mass is 19.1. The zero-order valence-electron chi connectivity index (χ0n) is 15.2. The molecule has 0 bridgehead atoms. The molecule has 1 aliphatic carbocycles. The summed E-state index contributed by atoms with van der Waals surface area (Å²) in [6.45, 7) is 7.37. The van der Waals surface area contributed by atoms with Gasteiger partial charge in [0.2, 0.25) is 0 Å². The molecule has 1 aliphatic heterocycles. The third-order valence-electron chi connectivity index (χ3n) is 5.91. The van der Waals surface area contributed by atoms with Crippen molar-refractivity contribution >= 4 is 6.29 Å². The summed E-state index contributed by atoms with van der Waals surface area (Å²) in [5, 5.41) is 6.71. The van der Waals surface area contributed by atoms with Crippen LogP contribution in [0.3, 0.4) is 0 Å². The number of nitrogens with two attached hydrogens (primary N) is 1. The monoisotopic (exact) mass is 339 g/mol. The van der Waals surface area contributed by atoms with Gasteiger partial charge in [0.05, 0.1) is 0 Å². The van der Waals surface area contributed by atoms with E-state index >= 15 is 0 Å². The normalized spacial score (nSPS) is 38.1. The van der Waals surface area contributed by atoms with Gasteiger partial charge in [-0.15, -0.1) is 0 Å². The third-order valence-corrected chi connectivity index (χ3v) is 5.91. The molecule has 1 heterocycles. The molecule has 4 N–H and O–H groups in total. The molecule has 0 aromatic carbocycles. The van der Waals surface area contributed by atoms with E-state index in [0.29, 0.717) is 36.5 Å². The zero-order chi connectivity index (χ0) is 17.7. The predicted molar refractivity (Wildman–Crippen MR) is 96.2 cm³/mol. The molecule has 1 saturated heterocycles. The van der Waals surface area contributed by atoms with Crippen molar-refractivity contribution in [2.75, 3.05) is 6.54 Å². The quantitative estimate of drug-likeness (QED) is 0.378. The van der Waals surface area contributed by atoms with Crippen molar-refractivity contribution in [3.05, 3.63) is 12.2 Å². The molecule has 1 saturated carbocycles. The highest BCUT2D eigenvalue weighted by Crippen LogP contribution is 2.39. The molecule has 4 nitrogen and oxygen atoms in total. The van der Waals surface area contributed by atoms with Crippen LogP contribution < -0.4 is 16.4 Å². The second-order valence-electron chi connectivity index (χ2n) is 7.86. The van der Waals surface area contributed by atoms with Crippen LogP contribution in [0.5, 0.6) is 0 Å². The molecule has 0 spiro atoms. The molecule has 0 aromatic rings. The molecule has 2 aliphatic rings. The maximum Gasteiger partial charge on any atom is 0.151 e. The van der Waals surface area contributed by atoms with Crippen molar-refractivity contribution in [3.8, 4) is 0 Å². The minimum atomic E-state index is -0.618. The Morgan fingerprint density at radius 3 is 2.67 bits per heavy atom. The summed E-state index contributed by atoms with van der Waals surface area (Å²) in [6, 6.07) is 0.572. The maximum absolute atomic E-state index is 13.8. The van der Waals surface area contributed by atoms with E-state index in [4.69, 9.17) is 5.73 Å². The number of halogens is 1. The van der Waals surface area contributed by atoms with Crippen LogP contribution in [0.15, 0.2) is 12.2 Å². The molecule has 138 valence electrons. The van der Waals surface area contributed by atoms with E-state index in [-0.39, 0.29) is 12.0 Å². The number of hydrogen-bond donors (Lipinski definition) is 3. The Morgan fingerprint density at radius 1 is 1.25 bits per heavy atom. The van der Waals surface area contributed by atoms with Gasteiger partial charge in [0, 0.05) is 12.1 Å². The van der Waals surface area contributed by atoms with Crippen LogP contribution in [0.1, 0.15) is 46.5 Å². The number of rotatable bonds is 7. The van der Waals surface area contributed by atoms with Crippen molar-refractivity contribution in [2.24, 2.45) is 29.4 Å². The largest absolute Gasteiger partial charge is 0.313 e. The van der Waals surface area contributed by atoms with Gasteiger partial charge in [0.25, 0.3) is 0 Å². The molecular weight excluding hydrogens is 305 g/mol. The Morgan fingerprint density at radius 2 is 2.00 bits per heavy atom. The van der Waals surface area contributed by atoms with Gasteiger partial charge in [-0.25, -0.2) is 4.39 Å². The minimum absolute atomic E-state index is 0.0717. The molecule has 8 atom stereocenters. The van der Waals surface area contributed by atoms with E-state index in [9.17, 15) is 9.18 Å². The number of carbonyl (C=O) groups is 1. The van der Waals surface area contributed by atoms with E-state index in [1.165, 1.54) is 6.42 Å². The summed E-state index contributed by atoms with van der Waals surface area (Å²) >= 11 is 0. The highest BCUT2D eigenvalue weighted by Gasteiger charge is 2.39. The van der Waals surface area contributed by atoms with Gasteiger partial charge < -0.3 is 15.8 Å². The van der Waals surface area contributed by atoms with Crippen LogP contribution >= 0.6 is 0 Å². The fraction of sp³-hybridized carbons (Fsp3) is 0.842. The molecule has 8 unspecified atom stereocenters. The summed E-state index contributed by atoms with van der Waals surface area (Å²) in [4.78, 5) is 10.6. The summed E-state index contributed by atoms with van der Waals surface area (Å²) in [6.07, 6.45) is 7.72. The van der Waals surface area contributed by atoms with Crippen molar-refractivity contribution in [2.45, 2.75) is 70.9 Å². The number of aldehydes is 1. The first-order valence-electron chi connectivity index (χ1n) is 9.45. The zero-order valence-corrected chi connectivity index (χ0v) is 15.2. The van der Waals surface area contributed by atoms with Crippen LogP contribution in [0.25, 0.3) is 0 Å². The van der Waals surface area contributed by atoms with Gasteiger partial charge in [0.15, 0.2) is 6.29 Å². The van der Waals surface area contributed by atoms with Crippen molar-refractivity contribution in [1.29, 1.82) is 0 Å². The molecule has 2 rings (SSSR count). The average Bonchev–Trinajstić information content (AvgIpc) is 3.04. The number of hydrogen-bond acceptors (Lipinski definition) is 4. The van der Waals surface area contributed by atoms with Crippen LogP contribution in [0.4, 0.5) is 4.39 Å². The summed E-state index contributed by atoms with van der Waals surface area (Å²) < 4.78 is 13.8. The van der Waals surface area contributed by atoms with Crippen LogP contribution in [-0.4, -0.2) is 37.3 Å². The lowest BCUT2D eigenvalue weighted by molar-refractivity contribution is -0.109. The molecule has 24 heavy (non-hydrogen) atoms. The van der Waals surface area contributed by atoms with Crippen LogP contribution in [-0.2, 0) is 4.79 Å². The number of nitrogens with one attached hydrogen (secondary N) is 2. The lowest BCUT2D eigenvalue weighted by Crippen LogP contribution is -2.43. The molecule has 0 aromatic heterocycles. The Bertz CT molecular complexity index is 431. The third kappa shape index (κ3) is 5.11. The van der Waals surface area contributed by atoms with Crippen LogP contribution in [0.2, 0.25) is 0 Å². The van der Waals surface area contributed by atoms with Gasteiger partial charge in [-0.3, -0.25) is 5.32 Å². The van der Waals surface area contributed by atoms with E-state index < -0.39 is 12.3 Å². The highest BCUT2D eigenvalue weighted by molar-refractivity contribution is 5.56. The van der Waals surface area contributed by atoms with Crippen LogP contribution in [0, 0.1) is 23.7 Å². The lowest BCUT2D eigenvalue weighted by Gasteiger charge is -2.37. The standard InChI is InChI=1S/C19H34FN3O/c1-12(4-5-14(3)23-18(21)11-24)16-8-9-22-19(16)15-6-7-17(20)13(2)10-15/h4-5,11-19,22-23H,6-10,21H2,1-3H3. The van der Waals surface area contributed by atoms with E-state index in [2.05, 4.69) is 29.7 Å². The van der Waals surface area contributed by atoms with Gasteiger partial charge in [-0.05, 0) is 62.8 Å². The second kappa shape index (κ2) is 9.07. The number of allylic oxidation sites excluding steroid dienone is 1. The predicted octanol–water partition coefficient (Wildman–Crippen LogP) is 2.39. The SMILES string of the molecule is CC(C=CC(C)C1CCNC1C1CCC(F)C(C)C1)NC(N)C=O. The maximum atomic E-state index is 13.8. The number of carbonyl (C=O) groups excluding carboxylic acids is 1. The molecule has 0 radical (unpaired) electrons. The van der Waals surface area contributed by atoms with E-state index in [1.54, 1.807) is 0 Å². The Balaban J connectivity index is 1.90. The van der Waals surface area contributed by atoms with Gasteiger partial charge in [0.1, 0.15) is 12.3 Å². The van der Waals surface area contributed by atoms with Crippen molar-refractivity contribution in [3.63, 3.8) is 0 Å². The Hall–Kier alpha value is -0.780. The fourth-order valence-corrected chi connectivity index (χ4v) is 4.46. The first-order chi connectivity index (χ1) is 11.4. The van der Waals surface area contributed by atoms with Gasteiger partial charge in [-0.2, -0.15) is 0 Å². The second-order valence-corrected chi connectivity index (χ2v) is 7.86. The first kappa shape index (κ1) is 19.5. The fourth-order valence-electron chi connectivity index (χ4n) is 4.46. The summed E-state index contributed by atoms with van der Waals surface area (Å²) in [7, 11) is 0. The first-order valence-corrected chi connectivity index (χ1v) is 9.45. The molecule has 2 fully saturated rings. The average molecular weight is 339 g/mol. The van der Waals surface area contributed by atoms with Crippen molar-refractivity contribution < 1.29 is 9.18 Å². The number of alkyl halides is 1. The van der Waals surface area contributed by atoms with E-state index in [1.807, 2.05) is 13.8 Å². The topological polar surface area (TPSA) is 67.2 Å². The van der Waals surface area contributed by atoms with Crippen molar-refractivity contribution in [1.82, 2.24) is 10.6 Å². The molecule has 5 heteroatoms. The Labute approximate surface area is 145 Å². The summed E-state index contributed by atoms with van der Waals surface area (Å²) in [5.74, 6) is 1.84. The minimum Gasteiger partial charge on any atom is -0.313 e. The lowest BCUT2D eigenvalue weighted by atomic mass is 9.72. The molecular formula is C19H34FN3O.